The monoisotopic (exact) mass is 297 g/mol. The van der Waals surface area contributed by atoms with E-state index < -0.39 is 0 Å². The second kappa shape index (κ2) is 6.67. The second-order valence-electron chi connectivity index (χ2n) is 5.95. The van der Waals surface area contributed by atoms with Gasteiger partial charge in [0.25, 0.3) is 0 Å². The first kappa shape index (κ1) is 14.7. The van der Waals surface area contributed by atoms with Gasteiger partial charge in [-0.1, -0.05) is 48.0 Å². The molecule has 110 valence electrons. The molecule has 0 aliphatic carbocycles. The smallest absolute Gasteiger partial charge is 0.0107 e. The summed E-state index contributed by atoms with van der Waals surface area (Å²) in [7, 11) is 2.06. The molecule has 2 aromatic carbocycles. The lowest BCUT2D eigenvalue weighted by molar-refractivity contribution is 0.538. The number of rotatable bonds is 5. The highest BCUT2D eigenvalue weighted by molar-refractivity contribution is 7.99. The summed E-state index contributed by atoms with van der Waals surface area (Å²) in [5, 5.41) is 3.38. The zero-order valence-corrected chi connectivity index (χ0v) is 13.6. The minimum atomic E-state index is 0.589. The molecular formula is C19H23NS. The van der Waals surface area contributed by atoms with Crippen molar-refractivity contribution in [2.75, 3.05) is 19.3 Å². The molecule has 3 rings (SSSR count). The maximum atomic E-state index is 3.38. The van der Waals surface area contributed by atoms with Gasteiger partial charge in [-0.25, -0.2) is 0 Å². The quantitative estimate of drug-likeness (QED) is 0.867. The van der Waals surface area contributed by atoms with Gasteiger partial charge >= 0.3 is 0 Å². The Morgan fingerprint density at radius 2 is 2.05 bits per heavy atom. The van der Waals surface area contributed by atoms with Crippen molar-refractivity contribution in [3.05, 3.63) is 65.2 Å². The van der Waals surface area contributed by atoms with Crippen LogP contribution in [0.15, 0.2) is 53.4 Å². The van der Waals surface area contributed by atoms with Gasteiger partial charge in [0.1, 0.15) is 0 Å². The minimum Gasteiger partial charge on any atom is -0.319 e. The molecule has 0 saturated heterocycles. The molecular weight excluding hydrogens is 274 g/mol. The van der Waals surface area contributed by atoms with Crippen LogP contribution >= 0.6 is 11.8 Å². The van der Waals surface area contributed by atoms with Crippen molar-refractivity contribution in [3.8, 4) is 0 Å². The number of aryl methyl sites for hydroxylation is 1. The lowest BCUT2D eigenvalue weighted by Crippen LogP contribution is -2.19. The number of nitrogens with one attached hydrogen (secondary N) is 1. The Morgan fingerprint density at radius 3 is 2.86 bits per heavy atom. The van der Waals surface area contributed by atoms with Gasteiger partial charge in [0.2, 0.25) is 0 Å². The Bertz CT molecular complexity index is 608. The molecule has 1 aliphatic rings. The SMILES string of the molecule is CNCC(CC1CSc2ccccc21)c1cccc(C)c1. The molecule has 2 heteroatoms. The van der Waals surface area contributed by atoms with Crippen molar-refractivity contribution >= 4 is 11.8 Å². The molecule has 0 radical (unpaired) electrons. The molecule has 1 N–H and O–H groups in total. The highest BCUT2D eigenvalue weighted by atomic mass is 32.2. The Labute approximate surface area is 132 Å². The summed E-state index contributed by atoms with van der Waals surface area (Å²) in [6, 6.07) is 17.9. The molecule has 0 aromatic heterocycles. The average molecular weight is 297 g/mol. The van der Waals surface area contributed by atoms with E-state index in [1.807, 2.05) is 11.8 Å². The topological polar surface area (TPSA) is 12.0 Å². The lowest BCUT2D eigenvalue weighted by Gasteiger charge is -2.21. The van der Waals surface area contributed by atoms with Crippen LogP contribution < -0.4 is 5.32 Å². The Kier molecular flexibility index (Phi) is 4.67. The van der Waals surface area contributed by atoms with Crippen LogP contribution in [0.1, 0.15) is 34.9 Å². The first-order valence-electron chi connectivity index (χ1n) is 7.71. The third kappa shape index (κ3) is 3.33. The highest BCUT2D eigenvalue weighted by Gasteiger charge is 2.26. The summed E-state index contributed by atoms with van der Waals surface area (Å²) in [5.74, 6) is 2.50. The summed E-state index contributed by atoms with van der Waals surface area (Å²) in [4.78, 5) is 1.48. The highest BCUT2D eigenvalue weighted by Crippen LogP contribution is 2.43. The molecule has 2 unspecified atom stereocenters. The van der Waals surface area contributed by atoms with Gasteiger partial charge in [-0.15, -0.1) is 11.8 Å². The van der Waals surface area contributed by atoms with Crippen LogP contribution in [0.5, 0.6) is 0 Å². The third-order valence-electron chi connectivity index (χ3n) is 4.33. The first-order chi connectivity index (χ1) is 10.3. The van der Waals surface area contributed by atoms with Crippen molar-refractivity contribution in [2.24, 2.45) is 0 Å². The van der Waals surface area contributed by atoms with Crippen molar-refractivity contribution in [3.63, 3.8) is 0 Å². The Morgan fingerprint density at radius 1 is 1.19 bits per heavy atom. The molecule has 1 heterocycles. The number of hydrogen-bond donors (Lipinski definition) is 1. The average Bonchev–Trinajstić information content (AvgIpc) is 2.90. The van der Waals surface area contributed by atoms with E-state index in [0.717, 1.165) is 6.54 Å². The fourth-order valence-corrected chi connectivity index (χ4v) is 4.55. The molecule has 0 bridgehead atoms. The fourth-order valence-electron chi connectivity index (χ4n) is 3.28. The maximum Gasteiger partial charge on any atom is 0.0107 e. The Hall–Kier alpha value is -1.25. The third-order valence-corrected chi connectivity index (χ3v) is 5.58. The summed E-state index contributed by atoms with van der Waals surface area (Å²) < 4.78 is 0. The van der Waals surface area contributed by atoms with E-state index in [2.05, 4.69) is 67.8 Å². The van der Waals surface area contributed by atoms with Gasteiger partial charge < -0.3 is 5.32 Å². The summed E-state index contributed by atoms with van der Waals surface area (Å²) in [5.41, 5.74) is 4.38. The number of likely N-dealkylation sites (N-methyl/N-ethyl adjacent to an activating group) is 1. The molecule has 0 amide bonds. The van der Waals surface area contributed by atoms with E-state index >= 15 is 0 Å². The van der Waals surface area contributed by atoms with E-state index in [0.29, 0.717) is 11.8 Å². The van der Waals surface area contributed by atoms with Crippen molar-refractivity contribution in [1.82, 2.24) is 5.32 Å². The number of fused-ring (bicyclic) bond motifs is 1. The van der Waals surface area contributed by atoms with E-state index in [9.17, 15) is 0 Å². The van der Waals surface area contributed by atoms with Crippen molar-refractivity contribution < 1.29 is 0 Å². The van der Waals surface area contributed by atoms with E-state index in [1.54, 1.807) is 5.56 Å². The lowest BCUT2D eigenvalue weighted by atomic mass is 9.85. The summed E-state index contributed by atoms with van der Waals surface area (Å²) >= 11 is 2.01. The van der Waals surface area contributed by atoms with Gasteiger partial charge in [0.05, 0.1) is 0 Å². The molecule has 0 fully saturated rings. The zero-order valence-electron chi connectivity index (χ0n) is 12.8. The van der Waals surface area contributed by atoms with Crippen LogP contribution in [0, 0.1) is 6.92 Å². The number of hydrogen-bond acceptors (Lipinski definition) is 2. The largest absolute Gasteiger partial charge is 0.319 e. The van der Waals surface area contributed by atoms with Gasteiger partial charge in [-0.2, -0.15) is 0 Å². The van der Waals surface area contributed by atoms with E-state index in [1.165, 1.54) is 28.2 Å². The van der Waals surface area contributed by atoms with Gasteiger partial charge in [0, 0.05) is 17.2 Å². The molecule has 2 atom stereocenters. The number of benzene rings is 2. The van der Waals surface area contributed by atoms with Crippen LogP contribution in [-0.2, 0) is 0 Å². The summed E-state index contributed by atoms with van der Waals surface area (Å²) in [6.07, 6.45) is 1.23. The first-order valence-corrected chi connectivity index (χ1v) is 8.69. The molecule has 2 aromatic rings. The molecule has 1 aliphatic heterocycles. The predicted molar refractivity (Wildman–Crippen MR) is 92.4 cm³/mol. The normalized spacial score (nSPS) is 18.5. The van der Waals surface area contributed by atoms with Gasteiger partial charge in [-0.05, 0) is 49.4 Å². The minimum absolute atomic E-state index is 0.589. The van der Waals surface area contributed by atoms with E-state index in [-0.39, 0.29) is 0 Å². The van der Waals surface area contributed by atoms with Crippen LogP contribution in [0.3, 0.4) is 0 Å². The van der Waals surface area contributed by atoms with Crippen LogP contribution in [0.4, 0.5) is 0 Å². The van der Waals surface area contributed by atoms with Gasteiger partial charge in [-0.3, -0.25) is 0 Å². The summed E-state index contributed by atoms with van der Waals surface area (Å²) in [6.45, 7) is 3.23. The fraction of sp³-hybridized carbons (Fsp3) is 0.368. The zero-order chi connectivity index (χ0) is 14.7. The van der Waals surface area contributed by atoms with Crippen molar-refractivity contribution in [2.45, 2.75) is 30.1 Å². The predicted octanol–water partition coefficient (Wildman–Crippen LogP) is 4.58. The number of thioether (sulfide) groups is 1. The molecule has 0 saturated carbocycles. The van der Waals surface area contributed by atoms with E-state index in [4.69, 9.17) is 0 Å². The van der Waals surface area contributed by atoms with Crippen LogP contribution in [0.25, 0.3) is 0 Å². The van der Waals surface area contributed by atoms with Gasteiger partial charge in [0.15, 0.2) is 0 Å². The molecule has 0 spiro atoms. The second-order valence-corrected chi connectivity index (χ2v) is 7.01. The molecule has 21 heavy (non-hydrogen) atoms. The van der Waals surface area contributed by atoms with Crippen LogP contribution in [0.2, 0.25) is 0 Å². The molecule has 1 nitrogen and oxygen atoms in total. The Balaban J connectivity index is 1.80. The van der Waals surface area contributed by atoms with Crippen molar-refractivity contribution in [1.29, 1.82) is 0 Å². The maximum absolute atomic E-state index is 3.38. The standard InChI is InChI=1S/C19H23NS/c1-14-6-5-7-15(10-14)16(12-20-2)11-17-13-21-19-9-4-3-8-18(17)19/h3-10,16-17,20H,11-13H2,1-2H3. The van der Waals surface area contributed by atoms with Crippen LogP contribution in [-0.4, -0.2) is 19.3 Å².